The second-order valence-corrected chi connectivity index (χ2v) is 7.32. The van der Waals surface area contributed by atoms with E-state index < -0.39 is 9.84 Å². The predicted molar refractivity (Wildman–Crippen MR) is 72.2 cm³/mol. The minimum atomic E-state index is -2.95. The molecule has 0 radical (unpaired) electrons. The van der Waals surface area contributed by atoms with E-state index in [1.165, 1.54) is 12.7 Å². The van der Waals surface area contributed by atoms with Crippen molar-refractivity contribution < 1.29 is 13.2 Å². The van der Waals surface area contributed by atoms with E-state index >= 15 is 0 Å². The van der Waals surface area contributed by atoms with Crippen LogP contribution in [-0.4, -0.2) is 56.9 Å². The number of nitrogens with zero attached hydrogens (tertiary/aromatic N) is 1. The van der Waals surface area contributed by atoms with Gasteiger partial charge in [-0.2, -0.15) is 0 Å². The van der Waals surface area contributed by atoms with Crippen molar-refractivity contribution in [2.45, 2.75) is 38.6 Å². The predicted octanol–water partition coefficient (Wildman–Crippen LogP) is 0.412. The van der Waals surface area contributed by atoms with Gasteiger partial charge >= 0.3 is 0 Å². The van der Waals surface area contributed by atoms with Gasteiger partial charge in [-0.1, -0.05) is 0 Å². The number of likely N-dealkylation sites (tertiary alicyclic amines) is 1. The number of rotatable bonds is 6. The molecule has 1 N–H and O–H groups in total. The lowest BCUT2D eigenvalue weighted by atomic mass is 10.1. The van der Waals surface area contributed by atoms with Gasteiger partial charge in [-0.05, 0) is 26.2 Å². The minimum Gasteiger partial charge on any atom is -0.343 e. The first-order valence-corrected chi connectivity index (χ1v) is 8.63. The van der Waals surface area contributed by atoms with E-state index in [1.807, 2.05) is 11.8 Å². The van der Waals surface area contributed by atoms with Gasteiger partial charge in [0.25, 0.3) is 0 Å². The fourth-order valence-corrected chi connectivity index (χ4v) is 3.27. The molecule has 1 aliphatic rings. The quantitative estimate of drug-likeness (QED) is 0.763. The third kappa shape index (κ3) is 6.35. The summed E-state index contributed by atoms with van der Waals surface area (Å²) in [4.78, 5) is 13.7. The van der Waals surface area contributed by atoms with Crippen molar-refractivity contribution in [2.24, 2.45) is 0 Å². The number of carbonyl (C=O) groups is 1. The summed E-state index contributed by atoms with van der Waals surface area (Å²) >= 11 is 0. The Hall–Kier alpha value is -0.620. The molecule has 1 saturated heterocycles. The van der Waals surface area contributed by atoms with Crippen LogP contribution in [0.15, 0.2) is 0 Å². The molecule has 5 nitrogen and oxygen atoms in total. The van der Waals surface area contributed by atoms with E-state index in [-0.39, 0.29) is 17.7 Å². The number of sulfone groups is 1. The zero-order valence-corrected chi connectivity index (χ0v) is 12.1. The van der Waals surface area contributed by atoms with E-state index in [2.05, 4.69) is 5.32 Å². The van der Waals surface area contributed by atoms with Crippen molar-refractivity contribution in [3.63, 3.8) is 0 Å². The topological polar surface area (TPSA) is 66.5 Å². The largest absolute Gasteiger partial charge is 0.343 e. The van der Waals surface area contributed by atoms with Gasteiger partial charge in [-0.3, -0.25) is 4.79 Å². The number of carbonyl (C=O) groups excluding carboxylic acids is 1. The Morgan fingerprint density at radius 1 is 1.28 bits per heavy atom. The van der Waals surface area contributed by atoms with Gasteiger partial charge in [0.1, 0.15) is 9.84 Å². The average Bonchev–Trinajstić information content (AvgIpc) is 2.27. The lowest BCUT2D eigenvalue weighted by Crippen LogP contribution is -2.39. The van der Waals surface area contributed by atoms with Crippen LogP contribution < -0.4 is 5.32 Å². The molecule has 1 rings (SSSR count). The summed E-state index contributed by atoms with van der Waals surface area (Å²) < 4.78 is 22.1. The van der Waals surface area contributed by atoms with E-state index in [4.69, 9.17) is 0 Å². The Morgan fingerprint density at radius 2 is 1.89 bits per heavy atom. The van der Waals surface area contributed by atoms with Crippen LogP contribution in [0.3, 0.4) is 0 Å². The highest BCUT2D eigenvalue weighted by molar-refractivity contribution is 7.90. The second-order valence-electron chi connectivity index (χ2n) is 5.14. The zero-order chi connectivity index (χ0) is 13.6. The summed E-state index contributed by atoms with van der Waals surface area (Å²) in [7, 11) is -2.95. The van der Waals surface area contributed by atoms with E-state index in [0.717, 1.165) is 25.9 Å². The molecule has 0 saturated carbocycles. The normalized spacial score (nSPS) is 18.7. The van der Waals surface area contributed by atoms with E-state index in [1.54, 1.807) is 0 Å². The van der Waals surface area contributed by atoms with Crippen molar-refractivity contribution in [2.75, 3.05) is 31.6 Å². The lowest BCUT2D eigenvalue weighted by molar-refractivity contribution is -0.131. The second kappa shape index (κ2) is 7.09. The maximum Gasteiger partial charge on any atom is 0.223 e. The summed E-state index contributed by atoms with van der Waals surface area (Å²) in [6, 6.07) is -0.103. The van der Waals surface area contributed by atoms with Crippen LogP contribution >= 0.6 is 0 Å². The van der Waals surface area contributed by atoms with Crippen molar-refractivity contribution in [3.8, 4) is 0 Å². The Balaban J connectivity index is 2.18. The van der Waals surface area contributed by atoms with Crippen LogP contribution in [0.5, 0.6) is 0 Å². The summed E-state index contributed by atoms with van der Waals surface area (Å²) in [5.74, 6) is 0.291. The van der Waals surface area contributed by atoms with Crippen molar-refractivity contribution in [3.05, 3.63) is 0 Å². The third-order valence-corrected chi connectivity index (χ3v) is 4.20. The number of nitrogens with one attached hydrogen (secondary N) is 1. The highest BCUT2D eigenvalue weighted by atomic mass is 32.2. The standard InChI is InChI=1S/C12H24N2O3S/c1-11(10-18(2,16)17)13-7-6-12(15)14-8-4-3-5-9-14/h11,13H,3-10H2,1-2H3. The lowest BCUT2D eigenvalue weighted by Gasteiger charge is -2.27. The molecule has 6 heteroatoms. The molecule has 1 aliphatic heterocycles. The summed E-state index contributed by atoms with van der Waals surface area (Å²) in [6.45, 7) is 4.12. The molecule has 0 aromatic carbocycles. The molecule has 1 fully saturated rings. The molecule has 106 valence electrons. The van der Waals surface area contributed by atoms with Crippen molar-refractivity contribution >= 4 is 15.7 Å². The monoisotopic (exact) mass is 276 g/mol. The van der Waals surface area contributed by atoms with Crippen LogP contribution in [0.25, 0.3) is 0 Å². The van der Waals surface area contributed by atoms with Gasteiger partial charge in [0.05, 0.1) is 5.75 Å². The maximum absolute atomic E-state index is 11.8. The molecular weight excluding hydrogens is 252 g/mol. The molecule has 1 amide bonds. The number of hydrogen-bond acceptors (Lipinski definition) is 4. The summed E-state index contributed by atoms with van der Waals surface area (Å²) in [5, 5.41) is 3.08. The molecule has 1 heterocycles. The Kier molecular flexibility index (Phi) is 6.08. The molecule has 18 heavy (non-hydrogen) atoms. The molecule has 0 aromatic heterocycles. The number of hydrogen-bond donors (Lipinski definition) is 1. The molecule has 0 bridgehead atoms. The minimum absolute atomic E-state index is 0.103. The van der Waals surface area contributed by atoms with Gasteiger partial charge < -0.3 is 10.2 Å². The molecule has 0 aromatic rings. The van der Waals surface area contributed by atoms with Crippen LogP contribution in [0.1, 0.15) is 32.6 Å². The molecule has 0 aliphatic carbocycles. The van der Waals surface area contributed by atoms with Crippen LogP contribution in [-0.2, 0) is 14.6 Å². The van der Waals surface area contributed by atoms with Crippen LogP contribution in [0.2, 0.25) is 0 Å². The van der Waals surface area contributed by atoms with Gasteiger partial charge in [0.15, 0.2) is 0 Å². The smallest absolute Gasteiger partial charge is 0.223 e. The fourth-order valence-electron chi connectivity index (χ4n) is 2.24. The highest BCUT2D eigenvalue weighted by Crippen LogP contribution is 2.09. The maximum atomic E-state index is 11.8. The molecule has 1 atom stereocenters. The first kappa shape index (κ1) is 15.4. The SMILES string of the molecule is CC(CS(C)(=O)=O)NCCC(=O)N1CCCCC1. The number of amides is 1. The van der Waals surface area contributed by atoms with Gasteiger partial charge in [0.2, 0.25) is 5.91 Å². The van der Waals surface area contributed by atoms with E-state index in [9.17, 15) is 13.2 Å². The van der Waals surface area contributed by atoms with Gasteiger partial charge in [-0.25, -0.2) is 8.42 Å². The Labute approximate surface area is 110 Å². The first-order chi connectivity index (χ1) is 8.38. The van der Waals surface area contributed by atoms with Gasteiger partial charge in [0, 0.05) is 38.4 Å². The fraction of sp³-hybridized carbons (Fsp3) is 0.917. The Morgan fingerprint density at radius 3 is 2.44 bits per heavy atom. The average molecular weight is 276 g/mol. The first-order valence-electron chi connectivity index (χ1n) is 6.57. The zero-order valence-electron chi connectivity index (χ0n) is 11.3. The Bertz CT molecular complexity index is 362. The molecule has 1 unspecified atom stereocenters. The molecule has 0 spiro atoms. The van der Waals surface area contributed by atoms with Crippen LogP contribution in [0, 0.1) is 0 Å². The van der Waals surface area contributed by atoms with Crippen LogP contribution in [0.4, 0.5) is 0 Å². The third-order valence-electron chi connectivity index (χ3n) is 3.09. The number of piperidine rings is 1. The highest BCUT2D eigenvalue weighted by Gasteiger charge is 2.16. The summed E-state index contributed by atoms with van der Waals surface area (Å²) in [5.41, 5.74) is 0. The van der Waals surface area contributed by atoms with Crippen molar-refractivity contribution in [1.29, 1.82) is 0 Å². The van der Waals surface area contributed by atoms with Gasteiger partial charge in [-0.15, -0.1) is 0 Å². The van der Waals surface area contributed by atoms with Crippen molar-refractivity contribution in [1.82, 2.24) is 10.2 Å². The molecular formula is C12H24N2O3S. The van der Waals surface area contributed by atoms with E-state index in [0.29, 0.717) is 13.0 Å². The summed E-state index contributed by atoms with van der Waals surface area (Å²) in [6.07, 6.45) is 5.10.